The topological polar surface area (TPSA) is 26.3 Å². The van der Waals surface area contributed by atoms with Crippen LogP contribution in [0.1, 0.15) is 25.7 Å². The number of ether oxygens (including phenoxy) is 1. The molecule has 0 aromatic rings. The molecular weight excluding hydrogens is 140 g/mol. The number of carbonyl (C=O) groups is 1. The molecule has 0 saturated carbocycles. The SMILES string of the molecule is O=C1OCCC2CCCC=C12. The van der Waals surface area contributed by atoms with E-state index in [1.807, 2.05) is 0 Å². The van der Waals surface area contributed by atoms with Gasteiger partial charge in [-0.1, -0.05) is 6.08 Å². The molecule has 2 rings (SSSR count). The second-order valence-electron chi connectivity index (χ2n) is 3.21. The molecule has 1 saturated heterocycles. The van der Waals surface area contributed by atoms with Crippen LogP contribution in [-0.4, -0.2) is 12.6 Å². The van der Waals surface area contributed by atoms with Crippen molar-refractivity contribution in [1.82, 2.24) is 0 Å². The highest BCUT2D eigenvalue weighted by atomic mass is 16.5. The lowest BCUT2D eigenvalue weighted by atomic mass is 9.84. The Labute approximate surface area is 66.2 Å². The van der Waals surface area contributed by atoms with Crippen LogP contribution in [0, 0.1) is 5.92 Å². The van der Waals surface area contributed by atoms with Gasteiger partial charge in [0.2, 0.25) is 0 Å². The Kier molecular flexibility index (Phi) is 1.68. The van der Waals surface area contributed by atoms with Crippen LogP contribution < -0.4 is 0 Å². The first-order valence-electron chi connectivity index (χ1n) is 4.25. The van der Waals surface area contributed by atoms with E-state index in [-0.39, 0.29) is 5.97 Å². The van der Waals surface area contributed by atoms with Crippen molar-refractivity contribution in [2.45, 2.75) is 25.7 Å². The van der Waals surface area contributed by atoms with Gasteiger partial charge in [0, 0.05) is 5.57 Å². The molecule has 2 heteroatoms. The first-order valence-corrected chi connectivity index (χ1v) is 4.25. The minimum atomic E-state index is -0.0686. The molecule has 0 amide bonds. The Bertz CT molecular complexity index is 206. The highest BCUT2D eigenvalue weighted by Crippen LogP contribution is 2.31. The van der Waals surface area contributed by atoms with Gasteiger partial charge >= 0.3 is 5.97 Å². The summed E-state index contributed by atoms with van der Waals surface area (Å²) in [5, 5.41) is 0. The second kappa shape index (κ2) is 2.68. The summed E-state index contributed by atoms with van der Waals surface area (Å²) in [5.41, 5.74) is 0.947. The fourth-order valence-corrected chi connectivity index (χ4v) is 1.87. The van der Waals surface area contributed by atoms with Crippen molar-refractivity contribution in [3.8, 4) is 0 Å². The van der Waals surface area contributed by atoms with Crippen LogP contribution in [0.15, 0.2) is 11.6 Å². The number of rotatable bonds is 0. The molecular formula is C9H12O2. The molecule has 0 spiro atoms. The quantitative estimate of drug-likeness (QED) is 0.493. The van der Waals surface area contributed by atoms with E-state index in [0.717, 1.165) is 18.4 Å². The van der Waals surface area contributed by atoms with Crippen LogP contribution in [0.2, 0.25) is 0 Å². The Morgan fingerprint density at radius 1 is 1.45 bits per heavy atom. The van der Waals surface area contributed by atoms with Gasteiger partial charge < -0.3 is 4.74 Å². The summed E-state index contributed by atoms with van der Waals surface area (Å²) in [6.07, 6.45) is 6.57. The molecule has 0 bridgehead atoms. The van der Waals surface area contributed by atoms with Gasteiger partial charge in [-0.05, 0) is 31.6 Å². The minimum absolute atomic E-state index is 0.0686. The molecule has 11 heavy (non-hydrogen) atoms. The van der Waals surface area contributed by atoms with E-state index in [1.165, 1.54) is 12.8 Å². The molecule has 0 N–H and O–H groups in total. The van der Waals surface area contributed by atoms with E-state index < -0.39 is 0 Å². The van der Waals surface area contributed by atoms with Crippen molar-refractivity contribution in [3.63, 3.8) is 0 Å². The Balaban J connectivity index is 2.21. The second-order valence-corrected chi connectivity index (χ2v) is 3.21. The molecule has 60 valence electrons. The summed E-state index contributed by atoms with van der Waals surface area (Å²) in [7, 11) is 0. The largest absolute Gasteiger partial charge is 0.462 e. The van der Waals surface area contributed by atoms with Crippen molar-refractivity contribution < 1.29 is 9.53 Å². The number of allylic oxidation sites excluding steroid dienone is 1. The molecule has 1 fully saturated rings. The van der Waals surface area contributed by atoms with E-state index in [0.29, 0.717) is 12.5 Å². The first kappa shape index (κ1) is 6.89. The number of hydrogen-bond donors (Lipinski definition) is 0. The van der Waals surface area contributed by atoms with Gasteiger partial charge in [0.1, 0.15) is 0 Å². The third kappa shape index (κ3) is 1.17. The zero-order valence-electron chi connectivity index (χ0n) is 6.51. The van der Waals surface area contributed by atoms with E-state index in [9.17, 15) is 4.79 Å². The van der Waals surface area contributed by atoms with Crippen LogP contribution in [0.5, 0.6) is 0 Å². The molecule has 1 unspecified atom stereocenters. The van der Waals surface area contributed by atoms with Crippen molar-refractivity contribution in [2.24, 2.45) is 5.92 Å². The van der Waals surface area contributed by atoms with Crippen LogP contribution in [0.4, 0.5) is 0 Å². The molecule has 1 aliphatic heterocycles. The van der Waals surface area contributed by atoms with Crippen molar-refractivity contribution in [3.05, 3.63) is 11.6 Å². The van der Waals surface area contributed by atoms with Gasteiger partial charge in [0.05, 0.1) is 6.61 Å². The number of cyclic esters (lactones) is 1. The number of carbonyl (C=O) groups excluding carboxylic acids is 1. The monoisotopic (exact) mass is 152 g/mol. The predicted molar refractivity (Wildman–Crippen MR) is 41.0 cm³/mol. The summed E-state index contributed by atoms with van der Waals surface area (Å²) in [5.74, 6) is 0.450. The fraction of sp³-hybridized carbons (Fsp3) is 0.667. The van der Waals surface area contributed by atoms with Gasteiger partial charge in [-0.3, -0.25) is 0 Å². The Hall–Kier alpha value is -0.790. The smallest absolute Gasteiger partial charge is 0.333 e. The average Bonchev–Trinajstić information content (AvgIpc) is 2.06. The van der Waals surface area contributed by atoms with Crippen LogP contribution in [-0.2, 0) is 9.53 Å². The third-order valence-electron chi connectivity index (χ3n) is 2.50. The third-order valence-corrected chi connectivity index (χ3v) is 2.50. The Morgan fingerprint density at radius 2 is 2.36 bits per heavy atom. The lowest BCUT2D eigenvalue weighted by Gasteiger charge is -2.27. The van der Waals surface area contributed by atoms with E-state index in [4.69, 9.17) is 4.74 Å². The van der Waals surface area contributed by atoms with Crippen LogP contribution >= 0.6 is 0 Å². The van der Waals surface area contributed by atoms with E-state index in [1.54, 1.807) is 0 Å². The summed E-state index contributed by atoms with van der Waals surface area (Å²) in [6, 6.07) is 0. The van der Waals surface area contributed by atoms with E-state index in [2.05, 4.69) is 6.08 Å². The standard InChI is InChI=1S/C9H12O2/c10-9-8-4-2-1-3-7(8)5-6-11-9/h4,7H,1-3,5-6H2. The summed E-state index contributed by atoms with van der Waals surface area (Å²) >= 11 is 0. The fourth-order valence-electron chi connectivity index (χ4n) is 1.87. The van der Waals surface area contributed by atoms with Crippen molar-refractivity contribution in [2.75, 3.05) is 6.61 Å². The van der Waals surface area contributed by atoms with Crippen LogP contribution in [0.3, 0.4) is 0 Å². The molecule has 0 radical (unpaired) electrons. The van der Waals surface area contributed by atoms with Crippen molar-refractivity contribution in [1.29, 1.82) is 0 Å². The predicted octanol–water partition coefficient (Wildman–Crippen LogP) is 1.66. The van der Waals surface area contributed by atoms with Gasteiger partial charge in [-0.2, -0.15) is 0 Å². The first-order chi connectivity index (χ1) is 5.38. The number of esters is 1. The maximum absolute atomic E-state index is 11.1. The molecule has 1 heterocycles. The normalized spacial score (nSPS) is 30.4. The number of fused-ring (bicyclic) bond motifs is 1. The molecule has 2 nitrogen and oxygen atoms in total. The maximum Gasteiger partial charge on any atom is 0.333 e. The van der Waals surface area contributed by atoms with Gasteiger partial charge in [0.15, 0.2) is 0 Å². The minimum Gasteiger partial charge on any atom is -0.462 e. The lowest BCUT2D eigenvalue weighted by molar-refractivity contribution is -0.142. The van der Waals surface area contributed by atoms with Gasteiger partial charge in [0.25, 0.3) is 0 Å². The maximum atomic E-state index is 11.1. The highest BCUT2D eigenvalue weighted by molar-refractivity contribution is 5.89. The lowest BCUT2D eigenvalue weighted by Crippen LogP contribution is -2.26. The van der Waals surface area contributed by atoms with Crippen molar-refractivity contribution >= 4 is 5.97 Å². The van der Waals surface area contributed by atoms with Gasteiger partial charge in [-0.15, -0.1) is 0 Å². The van der Waals surface area contributed by atoms with E-state index >= 15 is 0 Å². The molecule has 2 aliphatic rings. The summed E-state index contributed by atoms with van der Waals surface area (Å²) in [4.78, 5) is 11.1. The number of hydrogen-bond acceptors (Lipinski definition) is 2. The molecule has 1 aliphatic carbocycles. The van der Waals surface area contributed by atoms with Crippen LogP contribution in [0.25, 0.3) is 0 Å². The zero-order chi connectivity index (χ0) is 7.68. The molecule has 0 aromatic carbocycles. The van der Waals surface area contributed by atoms with Gasteiger partial charge in [-0.25, -0.2) is 4.79 Å². The summed E-state index contributed by atoms with van der Waals surface area (Å²) in [6.45, 7) is 0.626. The zero-order valence-corrected chi connectivity index (χ0v) is 6.51. The Morgan fingerprint density at radius 3 is 3.18 bits per heavy atom. The summed E-state index contributed by atoms with van der Waals surface area (Å²) < 4.78 is 4.94. The molecule has 0 aromatic heterocycles. The average molecular weight is 152 g/mol. The molecule has 1 atom stereocenters. The highest BCUT2D eigenvalue weighted by Gasteiger charge is 2.28.